The molecule has 0 aromatic heterocycles. The second-order valence-corrected chi connectivity index (χ2v) is 7.00. The van der Waals surface area contributed by atoms with E-state index in [0.717, 1.165) is 5.56 Å². The van der Waals surface area contributed by atoms with Gasteiger partial charge in [0.1, 0.15) is 0 Å². The molecule has 0 heterocycles. The van der Waals surface area contributed by atoms with E-state index >= 15 is 0 Å². The minimum Gasteiger partial charge on any atom is -0.269 e. The van der Waals surface area contributed by atoms with Gasteiger partial charge in [-0.2, -0.15) is 0 Å². The highest BCUT2D eigenvalue weighted by molar-refractivity contribution is 7.92. The molecule has 4 heteroatoms. The van der Waals surface area contributed by atoms with Crippen LogP contribution in [0.4, 0.5) is 5.69 Å². The van der Waals surface area contributed by atoms with E-state index in [1.807, 2.05) is 38.1 Å². The molecule has 0 bridgehead atoms. The number of nitrogens with zero attached hydrogens (tertiary/aromatic N) is 1. The monoisotopic (exact) mass is 289 g/mol. The van der Waals surface area contributed by atoms with Crippen molar-refractivity contribution in [2.45, 2.75) is 24.7 Å². The number of hydrogen-bond acceptors (Lipinski definition) is 2. The van der Waals surface area contributed by atoms with Crippen LogP contribution < -0.4 is 4.31 Å². The number of hydrogen-bond donors (Lipinski definition) is 0. The lowest BCUT2D eigenvalue weighted by atomic mass is 10.0. The highest BCUT2D eigenvalue weighted by Crippen LogP contribution is 2.24. The summed E-state index contributed by atoms with van der Waals surface area (Å²) >= 11 is 0. The third-order valence-electron chi connectivity index (χ3n) is 3.30. The Morgan fingerprint density at radius 2 is 1.60 bits per heavy atom. The van der Waals surface area contributed by atoms with Crippen LogP contribution in [0, 0.1) is 0 Å². The molecule has 0 saturated carbocycles. The summed E-state index contributed by atoms with van der Waals surface area (Å²) in [5.41, 5.74) is 1.68. The third-order valence-corrected chi connectivity index (χ3v) is 5.08. The Labute approximate surface area is 120 Å². The maximum atomic E-state index is 12.6. The first-order valence-corrected chi connectivity index (χ1v) is 8.01. The van der Waals surface area contributed by atoms with E-state index in [-0.39, 0.29) is 0 Å². The van der Waals surface area contributed by atoms with Gasteiger partial charge in [0.05, 0.1) is 10.6 Å². The van der Waals surface area contributed by atoms with Gasteiger partial charge in [-0.05, 0) is 35.7 Å². The van der Waals surface area contributed by atoms with Crippen molar-refractivity contribution >= 4 is 15.7 Å². The van der Waals surface area contributed by atoms with Gasteiger partial charge in [-0.1, -0.05) is 44.2 Å². The van der Waals surface area contributed by atoms with Gasteiger partial charge in [0.15, 0.2) is 0 Å². The molecule has 0 spiro atoms. The summed E-state index contributed by atoms with van der Waals surface area (Å²) in [6.07, 6.45) is 0. The molecule has 0 fully saturated rings. The van der Waals surface area contributed by atoms with Gasteiger partial charge in [-0.15, -0.1) is 0 Å². The lowest BCUT2D eigenvalue weighted by molar-refractivity contribution is 0.594. The van der Waals surface area contributed by atoms with E-state index in [4.69, 9.17) is 0 Å². The molecule has 0 amide bonds. The Hall–Kier alpha value is -1.81. The van der Waals surface area contributed by atoms with E-state index in [0.29, 0.717) is 16.5 Å². The Bertz CT molecular complexity index is 679. The molecule has 0 N–H and O–H groups in total. The zero-order valence-electron chi connectivity index (χ0n) is 11.9. The van der Waals surface area contributed by atoms with Crippen LogP contribution >= 0.6 is 0 Å². The van der Waals surface area contributed by atoms with Crippen LogP contribution in [0.2, 0.25) is 0 Å². The standard InChI is InChI=1S/C16H19NO2S/c1-13(2)14-8-7-11-16(12-14)20(18,19)17(3)15-9-5-4-6-10-15/h4-13H,1-3H3. The van der Waals surface area contributed by atoms with Crippen molar-refractivity contribution in [3.8, 4) is 0 Å². The van der Waals surface area contributed by atoms with E-state index in [9.17, 15) is 8.42 Å². The van der Waals surface area contributed by atoms with Crippen molar-refractivity contribution in [2.24, 2.45) is 0 Å². The first-order valence-electron chi connectivity index (χ1n) is 6.57. The third kappa shape index (κ3) is 2.85. The summed E-state index contributed by atoms with van der Waals surface area (Å²) in [6, 6.07) is 16.2. The van der Waals surface area contributed by atoms with E-state index in [1.54, 1.807) is 37.4 Å². The number of para-hydroxylation sites is 1. The number of sulfonamides is 1. The maximum absolute atomic E-state index is 12.6. The predicted octanol–water partition coefficient (Wildman–Crippen LogP) is 3.64. The summed E-state index contributed by atoms with van der Waals surface area (Å²) in [6.45, 7) is 4.10. The average molecular weight is 289 g/mol. The summed E-state index contributed by atoms with van der Waals surface area (Å²) < 4.78 is 26.6. The van der Waals surface area contributed by atoms with Crippen molar-refractivity contribution in [3.05, 3.63) is 60.2 Å². The summed E-state index contributed by atoms with van der Waals surface area (Å²) in [4.78, 5) is 0.329. The van der Waals surface area contributed by atoms with Gasteiger partial charge < -0.3 is 0 Å². The van der Waals surface area contributed by atoms with Crippen molar-refractivity contribution < 1.29 is 8.42 Å². The quantitative estimate of drug-likeness (QED) is 0.862. The lowest BCUT2D eigenvalue weighted by Crippen LogP contribution is -2.26. The molecule has 2 aromatic carbocycles. The topological polar surface area (TPSA) is 37.4 Å². The van der Waals surface area contributed by atoms with Crippen molar-refractivity contribution in [1.29, 1.82) is 0 Å². The second kappa shape index (κ2) is 5.67. The van der Waals surface area contributed by atoms with Gasteiger partial charge in [0.25, 0.3) is 10.0 Å². The van der Waals surface area contributed by atoms with Gasteiger partial charge in [-0.25, -0.2) is 8.42 Å². The molecule has 0 atom stereocenters. The van der Waals surface area contributed by atoms with Gasteiger partial charge in [0, 0.05) is 7.05 Å². The molecule has 0 aliphatic heterocycles. The van der Waals surface area contributed by atoms with Gasteiger partial charge >= 0.3 is 0 Å². The van der Waals surface area contributed by atoms with Crippen LogP contribution in [0.15, 0.2) is 59.5 Å². The molecular formula is C16H19NO2S. The maximum Gasteiger partial charge on any atom is 0.264 e. The Balaban J connectivity index is 2.43. The smallest absolute Gasteiger partial charge is 0.264 e. The molecule has 0 saturated heterocycles. The van der Waals surface area contributed by atoms with Crippen LogP contribution in [0.3, 0.4) is 0 Å². The van der Waals surface area contributed by atoms with Crippen molar-refractivity contribution in [2.75, 3.05) is 11.4 Å². The van der Waals surface area contributed by atoms with Gasteiger partial charge in [-0.3, -0.25) is 4.31 Å². The zero-order chi connectivity index (χ0) is 14.8. The van der Waals surface area contributed by atoms with Crippen molar-refractivity contribution in [3.63, 3.8) is 0 Å². The number of benzene rings is 2. The Morgan fingerprint density at radius 3 is 2.20 bits per heavy atom. The largest absolute Gasteiger partial charge is 0.269 e. The fraction of sp³-hybridized carbons (Fsp3) is 0.250. The van der Waals surface area contributed by atoms with E-state index in [1.165, 1.54) is 4.31 Å². The highest BCUT2D eigenvalue weighted by Gasteiger charge is 2.21. The molecule has 2 rings (SSSR count). The lowest BCUT2D eigenvalue weighted by Gasteiger charge is -2.20. The molecule has 0 aliphatic rings. The molecule has 20 heavy (non-hydrogen) atoms. The van der Waals surface area contributed by atoms with Crippen molar-refractivity contribution in [1.82, 2.24) is 0 Å². The summed E-state index contributed by atoms with van der Waals surface area (Å²) in [7, 11) is -1.94. The minimum atomic E-state index is -3.51. The molecule has 0 unspecified atom stereocenters. The van der Waals surface area contributed by atoms with Crippen LogP contribution in [0.25, 0.3) is 0 Å². The molecular weight excluding hydrogens is 270 g/mol. The Kier molecular flexibility index (Phi) is 4.14. The van der Waals surface area contributed by atoms with Crippen LogP contribution in [0.5, 0.6) is 0 Å². The fourth-order valence-electron chi connectivity index (χ4n) is 1.97. The summed E-state index contributed by atoms with van der Waals surface area (Å²) in [5, 5.41) is 0. The molecule has 0 radical (unpaired) electrons. The Morgan fingerprint density at radius 1 is 0.950 bits per heavy atom. The van der Waals surface area contributed by atoms with Crippen LogP contribution in [-0.4, -0.2) is 15.5 Å². The minimum absolute atomic E-state index is 0.298. The second-order valence-electron chi connectivity index (χ2n) is 5.04. The number of rotatable bonds is 4. The SMILES string of the molecule is CC(C)c1cccc(S(=O)(=O)N(C)c2ccccc2)c1. The highest BCUT2D eigenvalue weighted by atomic mass is 32.2. The van der Waals surface area contributed by atoms with Gasteiger partial charge in [0.2, 0.25) is 0 Å². The van der Waals surface area contributed by atoms with Crippen LogP contribution in [-0.2, 0) is 10.0 Å². The summed E-state index contributed by atoms with van der Waals surface area (Å²) in [5.74, 6) is 0.298. The average Bonchev–Trinajstić information content (AvgIpc) is 2.47. The molecule has 3 nitrogen and oxygen atoms in total. The number of anilines is 1. The zero-order valence-corrected chi connectivity index (χ0v) is 12.8. The molecule has 0 aliphatic carbocycles. The first-order chi connectivity index (χ1) is 9.43. The molecule has 2 aromatic rings. The predicted molar refractivity (Wildman–Crippen MR) is 82.6 cm³/mol. The van der Waals surface area contributed by atoms with E-state index in [2.05, 4.69) is 0 Å². The normalized spacial score (nSPS) is 11.6. The molecule has 106 valence electrons. The van der Waals surface area contributed by atoms with Crippen LogP contribution in [0.1, 0.15) is 25.3 Å². The fourth-order valence-corrected chi connectivity index (χ4v) is 3.22. The first kappa shape index (κ1) is 14.6. The van der Waals surface area contributed by atoms with E-state index < -0.39 is 10.0 Å².